The van der Waals surface area contributed by atoms with Crippen LogP contribution < -0.4 is 10.1 Å². The number of aromatic hydroxyl groups is 3. The first-order valence-electron chi connectivity index (χ1n) is 11.4. The summed E-state index contributed by atoms with van der Waals surface area (Å²) in [5.74, 6) is -1.44. The van der Waals surface area contributed by atoms with Crippen LogP contribution in [0.15, 0.2) is 30.4 Å². The van der Waals surface area contributed by atoms with Crippen molar-refractivity contribution in [1.29, 1.82) is 0 Å². The van der Waals surface area contributed by atoms with Gasteiger partial charge in [0.15, 0.2) is 17.3 Å². The second-order valence-electron chi connectivity index (χ2n) is 9.87. The number of nitrogens with one attached hydrogen (secondary N) is 1. The number of likely N-dealkylation sites (tertiary alicyclic amines) is 1. The summed E-state index contributed by atoms with van der Waals surface area (Å²) in [6, 6.07) is 4.90. The number of hydrogen-bond donors (Lipinski definition) is 4. The number of phenols is 3. The number of methoxy groups -OCH3 is 1. The zero-order valence-corrected chi connectivity index (χ0v) is 19.2. The number of nitrogens with zero attached hydrogens (tertiary/aromatic N) is 1. The number of ketones is 1. The molecular weight excluding hydrogens is 436 g/mol. The number of phenolic OH excluding ortho intramolecular Hbond substituents is 3. The van der Waals surface area contributed by atoms with Crippen LogP contribution in [0.1, 0.15) is 41.5 Å². The SMILES string of the molecule is COc1ccc2c(c1O)[C@]13CCN(C)[C@H](C2)[C@]12C=CC(=O)[C@H]3c1c(O)c(NC(C)=O)cc(O)c12. The second-order valence-corrected chi connectivity index (χ2v) is 9.87. The fourth-order valence-electron chi connectivity index (χ4n) is 7.54. The van der Waals surface area contributed by atoms with Crippen LogP contribution in [0.5, 0.6) is 23.0 Å². The molecule has 0 radical (unpaired) electrons. The topological polar surface area (TPSA) is 119 Å². The molecule has 2 aromatic carbocycles. The standard InChI is InChI=1S/C26H26N2O6/c1-12(29)27-14-11-16(31)22-19(23(14)32)21-15(30)6-7-25(22)18-10-13-4-5-17(34-3)24(33)20(13)26(21,25)8-9-28(18)2/h4-7,11,18,21,31-33H,8-10H2,1-3H3,(H,27,29)/t18-,21+,25+,26+/m1/s1. The fraction of sp³-hybridized carbons (Fsp3) is 0.385. The van der Waals surface area contributed by atoms with Crippen molar-refractivity contribution in [2.45, 2.75) is 42.6 Å². The summed E-state index contributed by atoms with van der Waals surface area (Å²) in [7, 11) is 3.51. The molecule has 4 atom stereocenters. The van der Waals surface area contributed by atoms with Gasteiger partial charge in [-0.15, -0.1) is 0 Å². The zero-order valence-electron chi connectivity index (χ0n) is 19.2. The van der Waals surface area contributed by atoms with E-state index in [2.05, 4.69) is 10.2 Å². The molecule has 8 heteroatoms. The number of amides is 1. The number of fused-ring (bicyclic) bond motifs is 3. The van der Waals surface area contributed by atoms with Crippen LogP contribution in [0.2, 0.25) is 0 Å². The van der Waals surface area contributed by atoms with Crippen molar-refractivity contribution in [3.63, 3.8) is 0 Å². The normalized spacial score (nSPS) is 30.4. The Morgan fingerprint density at radius 3 is 2.68 bits per heavy atom. The highest BCUT2D eigenvalue weighted by atomic mass is 16.5. The van der Waals surface area contributed by atoms with Gasteiger partial charge in [0.25, 0.3) is 0 Å². The number of carbonyl (C=O) groups excluding carboxylic acids is 2. The molecule has 4 aliphatic rings. The van der Waals surface area contributed by atoms with Crippen LogP contribution in [0, 0.1) is 0 Å². The third-order valence-electron chi connectivity index (χ3n) is 8.58. The molecule has 2 aromatic rings. The number of likely N-dealkylation sites (N-methyl/N-ethyl adjacent to an activating group) is 1. The molecule has 1 fully saturated rings. The molecule has 4 N–H and O–H groups in total. The molecule has 4 bridgehead atoms. The molecule has 6 rings (SSSR count). The van der Waals surface area contributed by atoms with Gasteiger partial charge in [0.1, 0.15) is 11.5 Å². The summed E-state index contributed by atoms with van der Waals surface area (Å²) in [5, 5.41) is 36.7. The lowest BCUT2D eigenvalue weighted by Gasteiger charge is -2.62. The van der Waals surface area contributed by atoms with E-state index in [1.54, 1.807) is 12.1 Å². The first-order chi connectivity index (χ1) is 16.2. The smallest absolute Gasteiger partial charge is 0.221 e. The summed E-state index contributed by atoms with van der Waals surface area (Å²) in [6.07, 6.45) is 4.53. The van der Waals surface area contributed by atoms with Gasteiger partial charge in [-0.05, 0) is 44.1 Å². The molecule has 8 nitrogen and oxygen atoms in total. The molecule has 1 heterocycles. The Balaban J connectivity index is 1.78. The van der Waals surface area contributed by atoms with Crippen molar-refractivity contribution in [3.8, 4) is 23.0 Å². The zero-order chi connectivity index (χ0) is 24.2. The fourth-order valence-corrected chi connectivity index (χ4v) is 7.54. The first kappa shape index (κ1) is 21.0. The number of piperidine rings is 1. The molecular formula is C26H26N2O6. The van der Waals surface area contributed by atoms with Crippen LogP contribution in [0.4, 0.5) is 5.69 Å². The quantitative estimate of drug-likeness (QED) is 0.400. The van der Waals surface area contributed by atoms with Gasteiger partial charge in [0.2, 0.25) is 5.91 Å². The number of allylic oxidation sites excluding steroid dienone is 1. The van der Waals surface area contributed by atoms with Crippen LogP contribution in [-0.4, -0.2) is 58.7 Å². The van der Waals surface area contributed by atoms with E-state index in [1.807, 2.05) is 19.2 Å². The maximum absolute atomic E-state index is 13.6. The Bertz CT molecular complexity index is 1330. The summed E-state index contributed by atoms with van der Waals surface area (Å²) in [6.45, 7) is 1.99. The van der Waals surface area contributed by atoms with E-state index in [1.165, 1.54) is 20.1 Å². The number of benzene rings is 2. The maximum Gasteiger partial charge on any atom is 0.221 e. The molecule has 1 aliphatic heterocycles. The maximum atomic E-state index is 13.6. The number of hydrogen-bond acceptors (Lipinski definition) is 7. The Labute approximate surface area is 196 Å². The van der Waals surface area contributed by atoms with E-state index in [9.17, 15) is 24.9 Å². The van der Waals surface area contributed by atoms with Crippen molar-refractivity contribution in [2.75, 3.05) is 26.0 Å². The van der Waals surface area contributed by atoms with Crippen LogP contribution in [0.3, 0.4) is 0 Å². The average molecular weight is 463 g/mol. The molecule has 0 spiro atoms. The highest BCUT2D eigenvalue weighted by Gasteiger charge is 2.74. The minimum absolute atomic E-state index is 0.00523. The summed E-state index contributed by atoms with van der Waals surface area (Å²) in [5.41, 5.74) is 0.675. The van der Waals surface area contributed by atoms with Gasteiger partial charge in [0.05, 0.1) is 18.7 Å². The van der Waals surface area contributed by atoms with E-state index >= 15 is 0 Å². The van der Waals surface area contributed by atoms with E-state index in [-0.39, 0.29) is 34.8 Å². The highest BCUT2D eigenvalue weighted by molar-refractivity contribution is 6.04. The number of anilines is 1. The molecule has 0 unspecified atom stereocenters. The third kappa shape index (κ3) is 2.13. The van der Waals surface area contributed by atoms with E-state index in [0.29, 0.717) is 41.8 Å². The van der Waals surface area contributed by atoms with Crippen LogP contribution in [0.25, 0.3) is 0 Å². The molecule has 1 amide bonds. The van der Waals surface area contributed by atoms with Gasteiger partial charge in [-0.3, -0.25) is 9.59 Å². The van der Waals surface area contributed by atoms with Gasteiger partial charge in [-0.2, -0.15) is 0 Å². The lowest BCUT2D eigenvalue weighted by molar-refractivity contribution is -0.120. The minimum Gasteiger partial charge on any atom is -0.508 e. The molecule has 176 valence electrons. The average Bonchev–Trinajstić information content (AvgIpc) is 2.99. The lowest BCUT2D eigenvalue weighted by Crippen LogP contribution is -2.68. The number of carbonyl (C=O) groups is 2. The second kappa shape index (κ2) is 6.54. The summed E-state index contributed by atoms with van der Waals surface area (Å²) < 4.78 is 5.44. The molecule has 34 heavy (non-hydrogen) atoms. The minimum atomic E-state index is -0.922. The third-order valence-corrected chi connectivity index (χ3v) is 8.58. The van der Waals surface area contributed by atoms with Gasteiger partial charge >= 0.3 is 0 Å². The predicted molar refractivity (Wildman–Crippen MR) is 124 cm³/mol. The Hall–Kier alpha value is -3.52. The molecule has 3 aliphatic carbocycles. The number of rotatable bonds is 2. The van der Waals surface area contributed by atoms with Gasteiger partial charge in [-0.1, -0.05) is 12.1 Å². The van der Waals surface area contributed by atoms with Crippen LogP contribution in [-0.2, 0) is 26.8 Å². The Morgan fingerprint density at radius 1 is 1.21 bits per heavy atom. The summed E-state index contributed by atoms with van der Waals surface area (Å²) in [4.78, 5) is 27.6. The van der Waals surface area contributed by atoms with Gasteiger partial charge in [0, 0.05) is 46.6 Å². The van der Waals surface area contributed by atoms with Crippen molar-refractivity contribution in [2.24, 2.45) is 0 Å². The van der Waals surface area contributed by atoms with Crippen molar-refractivity contribution in [1.82, 2.24) is 4.90 Å². The van der Waals surface area contributed by atoms with Gasteiger partial charge in [-0.25, -0.2) is 0 Å². The molecule has 1 saturated heterocycles. The van der Waals surface area contributed by atoms with Crippen molar-refractivity contribution in [3.05, 3.63) is 52.6 Å². The van der Waals surface area contributed by atoms with E-state index in [4.69, 9.17) is 4.74 Å². The van der Waals surface area contributed by atoms with Crippen molar-refractivity contribution < 1.29 is 29.6 Å². The van der Waals surface area contributed by atoms with E-state index < -0.39 is 22.7 Å². The highest BCUT2D eigenvalue weighted by Crippen LogP contribution is 2.74. The Kier molecular flexibility index (Phi) is 4.05. The first-order valence-corrected chi connectivity index (χ1v) is 11.4. The lowest BCUT2D eigenvalue weighted by atomic mass is 9.44. The van der Waals surface area contributed by atoms with Crippen molar-refractivity contribution >= 4 is 17.4 Å². The van der Waals surface area contributed by atoms with E-state index in [0.717, 1.165) is 5.56 Å². The van der Waals surface area contributed by atoms with Gasteiger partial charge < -0.3 is 30.3 Å². The summed E-state index contributed by atoms with van der Waals surface area (Å²) >= 11 is 0. The number of ether oxygens (including phenoxy) is 1. The predicted octanol–water partition coefficient (Wildman–Crippen LogP) is 2.44. The largest absolute Gasteiger partial charge is 0.508 e. The molecule has 0 saturated carbocycles. The van der Waals surface area contributed by atoms with Crippen LogP contribution >= 0.6 is 0 Å². The monoisotopic (exact) mass is 462 g/mol. The molecule has 0 aromatic heterocycles. The Morgan fingerprint density at radius 2 is 1.97 bits per heavy atom.